The Labute approximate surface area is 169 Å². The molecule has 0 fully saturated rings. The summed E-state index contributed by atoms with van der Waals surface area (Å²) in [7, 11) is 1.55. The fourth-order valence-electron chi connectivity index (χ4n) is 2.35. The van der Waals surface area contributed by atoms with Crippen LogP contribution in [0.5, 0.6) is 11.5 Å². The number of anilines is 1. The van der Waals surface area contributed by atoms with Crippen LogP contribution in [0.25, 0.3) is 6.08 Å². The van der Waals surface area contributed by atoms with Crippen LogP contribution < -0.4 is 20.1 Å². The number of carbonyl (C=O) groups is 2. The third kappa shape index (κ3) is 6.32. The van der Waals surface area contributed by atoms with E-state index < -0.39 is 6.04 Å². The summed E-state index contributed by atoms with van der Waals surface area (Å²) < 4.78 is 10.7. The molecule has 148 valence electrons. The van der Waals surface area contributed by atoms with Crippen molar-refractivity contribution in [2.75, 3.05) is 19.0 Å². The van der Waals surface area contributed by atoms with Gasteiger partial charge < -0.3 is 20.1 Å². The SMILES string of the molecule is CCOc1ccc(/C=C/C(=O)N[C@@H](C)C(=O)Nc2ccc(Cl)cc2)cc1OC. The lowest BCUT2D eigenvalue weighted by molar-refractivity contribution is -0.123. The topological polar surface area (TPSA) is 76.7 Å². The van der Waals surface area contributed by atoms with E-state index in [0.29, 0.717) is 28.8 Å². The van der Waals surface area contributed by atoms with E-state index in [0.717, 1.165) is 5.56 Å². The lowest BCUT2D eigenvalue weighted by Gasteiger charge is -2.13. The predicted octanol–water partition coefficient (Wildman–Crippen LogP) is 3.90. The third-order valence-electron chi connectivity index (χ3n) is 3.78. The molecule has 1 atom stereocenters. The Balaban J connectivity index is 1.93. The Morgan fingerprint density at radius 1 is 1.14 bits per heavy atom. The van der Waals surface area contributed by atoms with Crippen LogP contribution in [-0.4, -0.2) is 31.6 Å². The minimum atomic E-state index is -0.706. The molecule has 0 saturated heterocycles. The van der Waals surface area contributed by atoms with Crippen LogP contribution in [0.1, 0.15) is 19.4 Å². The number of ether oxygens (including phenoxy) is 2. The molecule has 2 aromatic rings. The van der Waals surface area contributed by atoms with Crippen molar-refractivity contribution in [3.05, 3.63) is 59.1 Å². The molecule has 0 heterocycles. The molecule has 28 heavy (non-hydrogen) atoms. The van der Waals surface area contributed by atoms with Gasteiger partial charge in [-0.3, -0.25) is 9.59 Å². The average molecular weight is 403 g/mol. The molecule has 0 aliphatic rings. The van der Waals surface area contributed by atoms with E-state index in [1.807, 2.05) is 13.0 Å². The molecule has 2 amide bonds. The van der Waals surface area contributed by atoms with Crippen molar-refractivity contribution in [1.29, 1.82) is 0 Å². The smallest absolute Gasteiger partial charge is 0.246 e. The number of hydrogen-bond acceptors (Lipinski definition) is 4. The quantitative estimate of drug-likeness (QED) is 0.656. The number of nitrogens with one attached hydrogen (secondary N) is 2. The summed E-state index contributed by atoms with van der Waals surface area (Å²) in [5.41, 5.74) is 1.38. The van der Waals surface area contributed by atoms with Crippen LogP contribution >= 0.6 is 11.6 Å². The molecule has 0 spiro atoms. The normalized spacial score (nSPS) is 11.7. The van der Waals surface area contributed by atoms with E-state index in [4.69, 9.17) is 21.1 Å². The molecular weight excluding hydrogens is 380 g/mol. The van der Waals surface area contributed by atoms with Crippen LogP contribution in [0.2, 0.25) is 5.02 Å². The predicted molar refractivity (Wildman–Crippen MR) is 111 cm³/mol. The highest BCUT2D eigenvalue weighted by Crippen LogP contribution is 2.28. The molecule has 0 bridgehead atoms. The van der Waals surface area contributed by atoms with Gasteiger partial charge in [0.1, 0.15) is 6.04 Å². The van der Waals surface area contributed by atoms with E-state index in [1.165, 1.54) is 6.08 Å². The summed E-state index contributed by atoms with van der Waals surface area (Å²) in [5, 5.41) is 5.92. The zero-order valence-electron chi connectivity index (χ0n) is 16.0. The van der Waals surface area contributed by atoms with E-state index in [-0.39, 0.29) is 11.8 Å². The Morgan fingerprint density at radius 2 is 1.86 bits per heavy atom. The number of amides is 2. The summed E-state index contributed by atoms with van der Waals surface area (Å²) >= 11 is 5.82. The third-order valence-corrected chi connectivity index (χ3v) is 4.03. The largest absolute Gasteiger partial charge is 0.493 e. The second kappa shape index (κ2) is 10.4. The van der Waals surface area contributed by atoms with Gasteiger partial charge in [-0.05, 0) is 61.9 Å². The number of carbonyl (C=O) groups excluding carboxylic acids is 2. The van der Waals surface area contributed by atoms with Gasteiger partial charge in [0.25, 0.3) is 0 Å². The molecule has 0 aromatic heterocycles. The first-order valence-electron chi connectivity index (χ1n) is 8.78. The van der Waals surface area contributed by atoms with Crippen molar-refractivity contribution in [1.82, 2.24) is 5.32 Å². The van der Waals surface area contributed by atoms with Gasteiger partial charge >= 0.3 is 0 Å². The molecule has 7 heteroatoms. The van der Waals surface area contributed by atoms with Crippen molar-refractivity contribution < 1.29 is 19.1 Å². The molecule has 2 aromatic carbocycles. The number of halogens is 1. The maximum absolute atomic E-state index is 12.2. The summed E-state index contributed by atoms with van der Waals surface area (Å²) in [6, 6.07) is 11.4. The van der Waals surface area contributed by atoms with E-state index in [1.54, 1.807) is 56.5 Å². The lowest BCUT2D eigenvalue weighted by atomic mass is 10.2. The van der Waals surface area contributed by atoms with Gasteiger partial charge in [-0.15, -0.1) is 0 Å². The van der Waals surface area contributed by atoms with Gasteiger partial charge in [0.2, 0.25) is 11.8 Å². The van der Waals surface area contributed by atoms with Crippen LogP contribution in [0.3, 0.4) is 0 Å². The van der Waals surface area contributed by atoms with Crippen molar-refractivity contribution >= 4 is 35.2 Å². The summed E-state index contributed by atoms with van der Waals surface area (Å²) in [6.07, 6.45) is 3.00. The number of rotatable bonds is 8. The monoisotopic (exact) mass is 402 g/mol. The van der Waals surface area contributed by atoms with E-state index in [9.17, 15) is 9.59 Å². The van der Waals surface area contributed by atoms with Crippen LogP contribution in [0, 0.1) is 0 Å². The minimum absolute atomic E-state index is 0.327. The molecule has 0 unspecified atom stereocenters. The van der Waals surface area contributed by atoms with Crippen molar-refractivity contribution in [2.24, 2.45) is 0 Å². The van der Waals surface area contributed by atoms with Crippen molar-refractivity contribution in [2.45, 2.75) is 19.9 Å². The van der Waals surface area contributed by atoms with Crippen LogP contribution in [0.4, 0.5) is 5.69 Å². The highest BCUT2D eigenvalue weighted by Gasteiger charge is 2.14. The maximum atomic E-state index is 12.2. The molecule has 0 radical (unpaired) electrons. The maximum Gasteiger partial charge on any atom is 0.246 e. The van der Waals surface area contributed by atoms with Crippen molar-refractivity contribution in [3.63, 3.8) is 0 Å². The van der Waals surface area contributed by atoms with Gasteiger partial charge in [-0.2, -0.15) is 0 Å². The fraction of sp³-hybridized carbons (Fsp3) is 0.238. The van der Waals surface area contributed by atoms with Crippen LogP contribution in [0.15, 0.2) is 48.5 Å². The number of benzene rings is 2. The molecule has 2 rings (SSSR count). The molecule has 6 nitrogen and oxygen atoms in total. The molecule has 0 aliphatic heterocycles. The highest BCUT2D eigenvalue weighted by atomic mass is 35.5. The molecule has 2 N–H and O–H groups in total. The van der Waals surface area contributed by atoms with E-state index in [2.05, 4.69) is 10.6 Å². The van der Waals surface area contributed by atoms with E-state index >= 15 is 0 Å². The summed E-state index contributed by atoms with van der Waals surface area (Å²) in [6.45, 7) is 4.03. The van der Waals surface area contributed by atoms with Gasteiger partial charge in [-0.25, -0.2) is 0 Å². The average Bonchev–Trinajstić information content (AvgIpc) is 2.69. The Kier molecular flexibility index (Phi) is 7.89. The molecule has 0 saturated carbocycles. The fourth-order valence-corrected chi connectivity index (χ4v) is 2.47. The molecular formula is C21H23ClN2O4. The Bertz CT molecular complexity index is 850. The number of hydrogen-bond donors (Lipinski definition) is 2. The first-order chi connectivity index (χ1) is 13.4. The minimum Gasteiger partial charge on any atom is -0.493 e. The number of methoxy groups -OCH3 is 1. The first kappa shape index (κ1) is 21.3. The second-order valence-corrected chi connectivity index (χ2v) is 6.34. The zero-order valence-corrected chi connectivity index (χ0v) is 16.7. The molecule has 0 aliphatic carbocycles. The summed E-state index contributed by atoms with van der Waals surface area (Å²) in [4.78, 5) is 24.3. The Hall–Kier alpha value is -2.99. The van der Waals surface area contributed by atoms with Gasteiger partial charge in [0.05, 0.1) is 13.7 Å². The second-order valence-electron chi connectivity index (χ2n) is 5.90. The summed E-state index contributed by atoms with van der Waals surface area (Å²) in [5.74, 6) is 0.512. The van der Waals surface area contributed by atoms with Crippen molar-refractivity contribution in [3.8, 4) is 11.5 Å². The first-order valence-corrected chi connectivity index (χ1v) is 9.16. The lowest BCUT2D eigenvalue weighted by Crippen LogP contribution is -2.40. The Morgan fingerprint density at radius 3 is 2.50 bits per heavy atom. The van der Waals surface area contributed by atoms with Gasteiger partial charge in [0, 0.05) is 16.8 Å². The van der Waals surface area contributed by atoms with Crippen LogP contribution in [-0.2, 0) is 9.59 Å². The highest BCUT2D eigenvalue weighted by molar-refractivity contribution is 6.30. The van der Waals surface area contributed by atoms with Gasteiger partial charge in [0.15, 0.2) is 11.5 Å². The standard InChI is InChI=1S/C21H23ClN2O4/c1-4-28-18-11-5-15(13-19(18)27-3)6-12-20(25)23-14(2)21(26)24-17-9-7-16(22)8-10-17/h5-14H,4H2,1-3H3,(H,23,25)(H,24,26)/b12-6+/t14-/m0/s1. The zero-order chi connectivity index (χ0) is 20.5. The van der Waals surface area contributed by atoms with Gasteiger partial charge in [-0.1, -0.05) is 17.7 Å².